The number of piperidine rings is 1. The summed E-state index contributed by atoms with van der Waals surface area (Å²) in [6, 6.07) is 14.5. The molecule has 2 aromatic carbocycles. The lowest BCUT2D eigenvalue weighted by Gasteiger charge is -2.31. The first-order valence-corrected chi connectivity index (χ1v) is 11.7. The van der Waals surface area contributed by atoms with Crippen molar-refractivity contribution in [2.24, 2.45) is 0 Å². The predicted molar refractivity (Wildman–Crippen MR) is 121 cm³/mol. The Morgan fingerprint density at radius 1 is 1.07 bits per heavy atom. The van der Waals surface area contributed by atoms with E-state index in [4.69, 9.17) is 9.40 Å². The summed E-state index contributed by atoms with van der Waals surface area (Å²) in [5.41, 5.74) is 5.51. The van der Waals surface area contributed by atoms with Gasteiger partial charge in [0, 0.05) is 23.9 Å². The zero-order chi connectivity index (χ0) is 20.1. The van der Waals surface area contributed by atoms with Gasteiger partial charge in [-0.2, -0.15) is 0 Å². The minimum absolute atomic E-state index is 0.236. The van der Waals surface area contributed by atoms with Crippen LogP contribution in [-0.4, -0.2) is 23.0 Å². The van der Waals surface area contributed by atoms with Crippen LogP contribution in [0.5, 0.6) is 0 Å². The highest BCUT2D eigenvalue weighted by molar-refractivity contribution is 7.18. The molecule has 0 spiro atoms. The molecule has 1 aliphatic carbocycles. The molecule has 0 atom stereocenters. The number of hydrogen-bond acceptors (Lipinski definition) is 5. The van der Waals surface area contributed by atoms with E-state index in [1.165, 1.54) is 27.3 Å². The first-order valence-electron chi connectivity index (χ1n) is 10.9. The van der Waals surface area contributed by atoms with E-state index in [2.05, 4.69) is 41.3 Å². The van der Waals surface area contributed by atoms with E-state index in [0.717, 1.165) is 67.4 Å². The van der Waals surface area contributed by atoms with Crippen molar-refractivity contribution in [2.75, 3.05) is 13.1 Å². The maximum absolute atomic E-state index is 12.2. The number of para-hydroxylation sites is 1. The average Bonchev–Trinajstić information content (AvgIpc) is 3.39. The monoisotopic (exact) mass is 416 g/mol. The summed E-state index contributed by atoms with van der Waals surface area (Å²) in [6.45, 7) is 2.88. The van der Waals surface area contributed by atoms with Crippen molar-refractivity contribution in [3.05, 3.63) is 74.6 Å². The van der Waals surface area contributed by atoms with Crippen LogP contribution in [0.1, 0.15) is 46.9 Å². The van der Waals surface area contributed by atoms with Crippen molar-refractivity contribution >= 4 is 32.5 Å². The van der Waals surface area contributed by atoms with Gasteiger partial charge in [0.15, 0.2) is 0 Å². The predicted octanol–water partition coefficient (Wildman–Crippen LogP) is 5.27. The summed E-state index contributed by atoms with van der Waals surface area (Å²) in [4.78, 5) is 19.5. The van der Waals surface area contributed by atoms with Crippen molar-refractivity contribution in [3.63, 3.8) is 0 Å². The minimum atomic E-state index is -0.236. The second-order valence-electron chi connectivity index (χ2n) is 8.63. The van der Waals surface area contributed by atoms with E-state index in [0.29, 0.717) is 5.92 Å². The first kappa shape index (κ1) is 18.3. The lowest BCUT2D eigenvalue weighted by Crippen LogP contribution is -2.32. The normalized spacial score (nSPS) is 17.7. The standard InChI is InChI=1S/C25H24N2O2S/c28-24-14-19(20-12-17-4-3-5-18(17)13-22(20)29-24)15-27-10-8-16(9-11-27)25-26-21-6-1-2-7-23(21)30-25/h1-2,6-7,12-14,16H,3-5,8-11,15H2. The van der Waals surface area contributed by atoms with Gasteiger partial charge in [0.05, 0.1) is 15.2 Å². The minimum Gasteiger partial charge on any atom is -0.423 e. The summed E-state index contributed by atoms with van der Waals surface area (Å²) >= 11 is 1.84. The lowest BCUT2D eigenvalue weighted by atomic mass is 9.96. The van der Waals surface area contributed by atoms with Crippen LogP contribution in [-0.2, 0) is 19.4 Å². The molecule has 1 aliphatic heterocycles. The summed E-state index contributed by atoms with van der Waals surface area (Å²) in [6.07, 6.45) is 5.67. The van der Waals surface area contributed by atoms with E-state index in [-0.39, 0.29) is 5.63 Å². The molecular formula is C25H24N2O2S. The molecule has 4 nitrogen and oxygen atoms in total. The second-order valence-corrected chi connectivity index (χ2v) is 9.69. The molecule has 152 valence electrons. The molecule has 2 aromatic heterocycles. The molecule has 2 aliphatic rings. The number of likely N-dealkylation sites (tertiary alicyclic amines) is 1. The Hall–Kier alpha value is -2.50. The van der Waals surface area contributed by atoms with Crippen molar-refractivity contribution in [3.8, 4) is 0 Å². The van der Waals surface area contributed by atoms with Gasteiger partial charge in [0.2, 0.25) is 0 Å². The molecule has 1 saturated heterocycles. The van der Waals surface area contributed by atoms with Gasteiger partial charge in [0.1, 0.15) is 5.58 Å². The maximum atomic E-state index is 12.2. The van der Waals surface area contributed by atoms with E-state index in [1.54, 1.807) is 6.07 Å². The van der Waals surface area contributed by atoms with Crippen LogP contribution >= 0.6 is 11.3 Å². The van der Waals surface area contributed by atoms with Gasteiger partial charge in [-0.25, -0.2) is 9.78 Å². The van der Waals surface area contributed by atoms with Crippen LogP contribution in [0.15, 0.2) is 51.7 Å². The van der Waals surface area contributed by atoms with Gasteiger partial charge in [-0.05, 0) is 86.1 Å². The molecule has 6 rings (SSSR count). The number of hydrogen-bond donors (Lipinski definition) is 0. The summed E-state index contributed by atoms with van der Waals surface area (Å²) < 4.78 is 6.82. The van der Waals surface area contributed by atoms with E-state index in [9.17, 15) is 4.79 Å². The molecule has 0 unspecified atom stereocenters. The Labute approximate surface area is 179 Å². The number of benzene rings is 2. The summed E-state index contributed by atoms with van der Waals surface area (Å²) in [7, 11) is 0. The number of rotatable bonds is 3. The number of fused-ring (bicyclic) bond motifs is 3. The third-order valence-corrected chi connectivity index (χ3v) is 7.88. The second kappa shape index (κ2) is 7.33. The highest BCUT2D eigenvalue weighted by atomic mass is 32.1. The third kappa shape index (κ3) is 3.26. The molecule has 1 fully saturated rings. The van der Waals surface area contributed by atoms with Gasteiger partial charge in [-0.3, -0.25) is 4.90 Å². The lowest BCUT2D eigenvalue weighted by molar-refractivity contribution is 0.205. The zero-order valence-electron chi connectivity index (χ0n) is 16.9. The van der Waals surface area contributed by atoms with E-state index < -0.39 is 0 Å². The first-order chi connectivity index (χ1) is 14.7. The molecule has 5 heteroatoms. The SMILES string of the molecule is O=c1cc(CN2CCC(c3nc4ccccc4s3)CC2)c2cc3c(cc2o1)CCC3. The zero-order valence-corrected chi connectivity index (χ0v) is 17.7. The Bertz CT molecular complexity index is 1260. The smallest absolute Gasteiger partial charge is 0.336 e. The fourth-order valence-electron chi connectivity index (χ4n) is 5.07. The quantitative estimate of drug-likeness (QED) is 0.427. The van der Waals surface area contributed by atoms with Gasteiger partial charge in [-0.1, -0.05) is 12.1 Å². The Morgan fingerprint density at radius 3 is 2.70 bits per heavy atom. The topological polar surface area (TPSA) is 46.3 Å². The Kier molecular flexibility index (Phi) is 4.46. The van der Waals surface area contributed by atoms with Crippen molar-refractivity contribution in [2.45, 2.75) is 44.6 Å². The van der Waals surface area contributed by atoms with E-state index in [1.807, 2.05) is 11.3 Å². The van der Waals surface area contributed by atoms with Crippen LogP contribution in [0.3, 0.4) is 0 Å². The molecule has 0 amide bonds. The molecule has 4 aromatic rings. The van der Waals surface area contributed by atoms with Gasteiger partial charge in [-0.15, -0.1) is 11.3 Å². The van der Waals surface area contributed by atoms with Gasteiger partial charge < -0.3 is 4.42 Å². The molecule has 0 radical (unpaired) electrons. The fourth-order valence-corrected chi connectivity index (χ4v) is 6.21. The Balaban J connectivity index is 1.22. The summed E-state index contributed by atoms with van der Waals surface area (Å²) in [5, 5.41) is 2.39. The third-order valence-electron chi connectivity index (χ3n) is 6.68. The number of nitrogens with zero attached hydrogens (tertiary/aromatic N) is 2. The number of thiazole rings is 1. The highest BCUT2D eigenvalue weighted by Crippen LogP contribution is 2.35. The van der Waals surface area contributed by atoms with Crippen LogP contribution in [0.4, 0.5) is 0 Å². The summed E-state index contributed by atoms with van der Waals surface area (Å²) in [5.74, 6) is 0.541. The average molecular weight is 417 g/mol. The number of aryl methyl sites for hydroxylation is 2. The highest BCUT2D eigenvalue weighted by Gasteiger charge is 2.24. The number of aromatic nitrogens is 1. The van der Waals surface area contributed by atoms with Crippen molar-refractivity contribution in [1.29, 1.82) is 0 Å². The molecule has 0 saturated carbocycles. The van der Waals surface area contributed by atoms with Gasteiger partial charge >= 0.3 is 5.63 Å². The molecule has 0 bridgehead atoms. The van der Waals surface area contributed by atoms with Crippen LogP contribution in [0, 0.1) is 0 Å². The van der Waals surface area contributed by atoms with E-state index >= 15 is 0 Å². The Morgan fingerprint density at radius 2 is 1.87 bits per heavy atom. The molecule has 30 heavy (non-hydrogen) atoms. The van der Waals surface area contributed by atoms with Crippen LogP contribution in [0.25, 0.3) is 21.2 Å². The maximum Gasteiger partial charge on any atom is 0.336 e. The molecule has 3 heterocycles. The van der Waals surface area contributed by atoms with Crippen LogP contribution < -0.4 is 5.63 Å². The molecular weight excluding hydrogens is 392 g/mol. The fraction of sp³-hybridized carbons (Fsp3) is 0.360. The van der Waals surface area contributed by atoms with Crippen molar-refractivity contribution in [1.82, 2.24) is 9.88 Å². The van der Waals surface area contributed by atoms with Crippen molar-refractivity contribution < 1.29 is 4.42 Å². The molecule has 0 N–H and O–H groups in total. The largest absolute Gasteiger partial charge is 0.423 e. The van der Waals surface area contributed by atoms with Crippen LogP contribution in [0.2, 0.25) is 0 Å². The van der Waals surface area contributed by atoms with Gasteiger partial charge in [0.25, 0.3) is 0 Å².